The number of aliphatic hydroxyl groups excluding tert-OH is 1. The topological polar surface area (TPSA) is 98.9 Å². The van der Waals surface area contributed by atoms with E-state index < -0.39 is 10.4 Å². The Kier molecular flexibility index (Phi) is 6.84. The Labute approximate surface area is 188 Å². The second-order valence-electron chi connectivity index (χ2n) is 11.8. The van der Waals surface area contributed by atoms with Crippen LogP contribution >= 0.6 is 0 Å². The predicted octanol–water partition coefficient (Wildman–Crippen LogP) is 4.57. The summed E-state index contributed by atoms with van der Waals surface area (Å²) in [4.78, 5) is 0. The van der Waals surface area contributed by atoms with Crippen LogP contribution in [-0.4, -0.2) is 26.2 Å². The molecule has 180 valence electrons. The SMILES string of the molecule is C[C@H](CCCOS(=O)(=O)ON)[C@H]1CC[C@H]2[C@@H]3CC[C@H]4C[C@@H](O)CC[C@]4(C)[C@H]3CC[C@]12C. The predicted molar refractivity (Wildman–Crippen MR) is 120 cm³/mol. The third kappa shape index (κ3) is 4.34. The monoisotopic (exact) mass is 457 g/mol. The summed E-state index contributed by atoms with van der Waals surface area (Å²) in [5.74, 6) is 9.22. The fourth-order valence-electron chi connectivity index (χ4n) is 9.01. The van der Waals surface area contributed by atoms with Gasteiger partial charge in [0, 0.05) is 0 Å². The number of hydrogen-bond donors (Lipinski definition) is 2. The van der Waals surface area contributed by atoms with Crippen molar-refractivity contribution in [3.05, 3.63) is 0 Å². The zero-order valence-electron chi connectivity index (χ0n) is 19.6. The molecule has 0 aromatic rings. The molecule has 9 atom stereocenters. The first-order valence-electron chi connectivity index (χ1n) is 12.6. The van der Waals surface area contributed by atoms with Crippen molar-refractivity contribution in [1.82, 2.24) is 0 Å². The van der Waals surface area contributed by atoms with Crippen molar-refractivity contribution < 1.29 is 22.0 Å². The van der Waals surface area contributed by atoms with Crippen LogP contribution in [0.4, 0.5) is 0 Å². The fraction of sp³-hybridized carbons (Fsp3) is 1.00. The highest BCUT2D eigenvalue weighted by atomic mass is 32.3. The van der Waals surface area contributed by atoms with Crippen molar-refractivity contribution in [3.63, 3.8) is 0 Å². The maximum Gasteiger partial charge on any atom is 0.415 e. The highest BCUT2D eigenvalue weighted by molar-refractivity contribution is 7.81. The minimum atomic E-state index is -4.04. The first-order valence-corrected chi connectivity index (χ1v) is 13.9. The van der Waals surface area contributed by atoms with Crippen LogP contribution in [-0.2, 0) is 18.9 Å². The molecule has 0 amide bonds. The smallest absolute Gasteiger partial charge is 0.393 e. The van der Waals surface area contributed by atoms with E-state index >= 15 is 0 Å². The molecule has 31 heavy (non-hydrogen) atoms. The molecule has 0 radical (unpaired) electrons. The van der Waals surface area contributed by atoms with Crippen LogP contribution in [0.25, 0.3) is 0 Å². The lowest BCUT2D eigenvalue weighted by molar-refractivity contribution is -0.129. The molecule has 7 heteroatoms. The van der Waals surface area contributed by atoms with Gasteiger partial charge in [-0.05, 0) is 117 Å². The van der Waals surface area contributed by atoms with E-state index in [1.807, 2.05) is 0 Å². The number of hydrogen-bond acceptors (Lipinski definition) is 6. The van der Waals surface area contributed by atoms with Crippen LogP contribution in [0.15, 0.2) is 0 Å². The highest BCUT2D eigenvalue weighted by Crippen LogP contribution is 2.68. The normalized spacial score (nSPS) is 46.1. The molecule has 0 aliphatic heterocycles. The van der Waals surface area contributed by atoms with E-state index in [2.05, 4.69) is 25.1 Å². The molecule has 0 bridgehead atoms. The molecule has 4 saturated carbocycles. The van der Waals surface area contributed by atoms with Gasteiger partial charge in [-0.25, -0.2) is 4.18 Å². The molecule has 0 saturated heterocycles. The second-order valence-corrected chi connectivity index (χ2v) is 13.0. The average molecular weight is 458 g/mol. The van der Waals surface area contributed by atoms with Crippen molar-refractivity contribution in [3.8, 4) is 0 Å². The van der Waals surface area contributed by atoms with Crippen molar-refractivity contribution in [2.24, 2.45) is 52.2 Å². The molecule has 0 heterocycles. The zero-order chi connectivity index (χ0) is 22.4. The lowest BCUT2D eigenvalue weighted by Gasteiger charge is -2.61. The molecular formula is C24H43NO5S. The van der Waals surface area contributed by atoms with Crippen LogP contribution in [0.1, 0.15) is 91.4 Å². The standard InChI is InChI=1S/C24H43NO5S/c1-16(5-4-14-29-31(27,28)30-25)20-8-9-21-19-7-6-17-15-18(26)10-12-23(17,2)22(19)11-13-24(20,21)3/h16-22,26H,4-15,25H2,1-3H3/t16-,17+,18+,19+,20-,21+,22+,23+,24-/m1/s1. The molecule has 0 aromatic heterocycles. The van der Waals surface area contributed by atoms with Crippen molar-refractivity contribution >= 4 is 10.4 Å². The largest absolute Gasteiger partial charge is 0.415 e. The summed E-state index contributed by atoms with van der Waals surface area (Å²) in [7, 11) is -4.04. The number of nitrogens with two attached hydrogens (primary N) is 1. The molecule has 4 fully saturated rings. The van der Waals surface area contributed by atoms with E-state index in [0.29, 0.717) is 35.0 Å². The van der Waals surface area contributed by atoms with Gasteiger partial charge >= 0.3 is 10.4 Å². The lowest BCUT2D eigenvalue weighted by atomic mass is 9.44. The van der Waals surface area contributed by atoms with Crippen LogP contribution < -0.4 is 5.90 Å². The summed E-state index contributed by atoms with van der Waals surface area (Å²) in [5.41, 5.74) is 0.840. The third-order valence-electron chi connectivity index (χ3n) is 10.5. The number of aliphatic hydroxyl groups is 1. The summed E-state index contributed by atoms with van der Waals surface area (Å²) < 4.78 is 31.1. The van der Waals surface area contributed by atoms with E-state index in [-0.39, 0.29) is 12.7 Å². The molecule has 0 aromatic carbocycles. The van der Waals surface area contributed by atoms with Gasteiger partial charge in [-0.2, -0.15) is 18.6 Å². The van der Waals surface area contributed by atoms with E-state index in [1.54, 1.807) is 0 Å². The van der Waals surface area contributed by atoms with Crippen LogP contribution in [0.5, 0.6) is 0 Å². The summed E-state index contributed by atoms with van der Waals surface area (Å²) in [6.45, 7) is 7.59. The summed E-state index contributed by atoms with van der Waals surface area (Å²) in [6, 6.07) is 0. The minimum absolute atomic E-state index is 0.0735. The Morgan fingerprint density at radius 3 is 2.48 bits per heavy atom. The highest BCUT2D eigenvalue weighted by Gasteiger charge is 2.60. The van der Waals surface area contributed by atoms with Gasteiger partial charge in [0.15, 0.2) is 0 Å². The van der Waals surface area contributed by atoms with Crippen LogP contribution in [0.3, 0.4) is 0 Å². The average Bonchev–Trinajstić information content (AvgIpc) is 3.09. The molecule has 6 nitrogen and oxygen atoms in total. The first-order chi connectivity index (χ1) is 14.6. The van der Waals surface area contributed by atoms with Gasteiger partial charge < -0.3 is 5.11 Å². The van der Waals surface area contributed by atoms with E-state index in [9.17, 15) is 13.5 Å². The molecule has 3 N–H and O–H groups in total. The second kappa shape index (κ2) is 8.86. The van der Waals surface area contributed by atoms with Gasteiger partial charge in [0.25, 0.3) is 0 Å². The maximum absolute atomic E-state index is 11.2. The van der Waals surface area contributed by atoms with Crippen LogP contribution in [0, 0.1) is 46.3 Å². The molecule has 4 aliphatic rings. The van der Waals surface area contributed by atoms with Gasteiger partial charge in [-0.1, -0.05) is 20.8 Å². The van der Waals surface area contributed by atoms with Gasteiger partial charge in [0.2, 0.25) is 0 Å². The maximum atomic E-state index is 11.2. The van der Waals surface area contributed by atoms with Crippen molar-refractivity contribution in [1.29, 1.82) is 0 Å². The Hall–Kier alpha value is -0.210. The van der Waals surface area contributed by atoms with Gasteiger partial charge in [0.05, 0.1) is 12.7 Å². The molecular weight excluding hydrogens is 414 g/mol. The van der Waals surface area contributed by atoms with Gasteiger partial charge in [-0.15, -0.1) is 0 Å². The summed E-state index contributed by atoms with van der Waals surface area (Å²) >= 11 is 0. The van der Waals surface area contributed by atoms with Gasteiger partial charge in [0.1, 0.15) is 0 Å². The zero-order valence-corrected chi connectivity index (χ0v) is 20.4. The van der Waals surface area contributed by atoms with E-state index in [0.717, 1.165) is 37.0 Å². The molecule has 0 unspecified atom stereocenters. The minimum Gasteiger partial charge on any atom is -0.393 e. The fourth-order valence-corrected chi connectivity index (χ4v) is 9.38. The Balaban J connectivity index is 1.39. The summed E-state index contributed by atoms with van der Waals surface area (Å²) in [5, 5.41) is 10.2. The third-order valence-corrected chi connectivity index (χ3v) is 11.2. The molecule has 4 rings (SSSR count). The van der Waals surface area contributed by atoms with E-state index in [4.69, 9.17) is 10.1 Å². The van der Waals surface area contributed by atoms with Gasteiger partial charge in [-0.3, -0.25) is 0 Å². The first kappa shape index (κ1) is 23.9. The quantitative estimate of drug-likeness (QED) is 0.429. The van der Waals surface area contributed by atoms with E-state index in [1.165, 1.54) is 44.9 Å². The molecule has 0 spiro atoms. The lowest BCUT2D eigenvalue weighted by Crippen LogP contribution is -2.54. The van der Waals surface area contributed by atoms with Crippen molar-refractivity contribution in [2.45, 2.75) is 97.5 Å². The Morgan fingerprint density at radius 1 is 1.03 bits per heavy atom. The van der Waals surface area contributed by atoms with Crippen molar-refractivity contribution in [2.75, 3.05) is 6.61 Å². The summed E-state index contributed by atoms with van der Waals surface area (Å²) in [6.07, 6.45) is 12.8. The number of fused-ring (bicyclic) bond motifs is 5. The Bertz CT molecular complexity index is 744. The number of rotatable bonds is 7. The molecule has 4 aliphatic carbocycles. The van der Waals surface area contributed by atoms with Crippen LogP contribution in [0.2, 0.25) is 0 Å². The Morgan fingerprint density at radius 2 is 1.74 bits per heavy atom.